The predicted molar refractivity (Wildman–Crippen MR) is 116 cm³/mol. The summed E-state index contributed by atoms with van der Waals surface area (Å²) in [5, 5.41) is 0.784. The van der Waals surface area contributed by atoms with E-state index in [2.05, 4.69) is 14.7 Å². The number of ether oxygens (including phenoxy) is 1. The summed E-state index contributed by atoms with van der Waals surface area (Å²) >= 11 is 0. The Hall–Kier alpha value is -3.46. The van der Waals surface area contributed by atoms with Gasteiger partial charge in [-0.25, -0.2) is 8.42 Å². The van der Waals surface area contributed by atoms with E-state index in [0.717, 1.165) is 10.9 Å². The molecule has 0 amide bonds. The molecule has 0 aliphatic carbocycles. The van der Waals surface area contributed by atoms with Crippen LogP contribution in [0, 0.1) is 6.92 Å². The molecule has 31 heavy (non-hydrogen) atoms. The number of benzene rings is 2. The van der Waals surface area contributed by atoms with E-state index in [9.17, 15) is 18.0 Å². The SMILES string of the molecule is Cc1[nH]c2ccccc2c1C(=O)C(C)OC(=O)CCN=C1NS(=O)(=O)c2ccccc21. The first kappa shape index (κ1) is 20.8. The first-order chi connectivity index (χ1) is 14.8. The molecule has 0 radical (unpaired) electrons. The van der Waals surface area contributed by atoms with Crippen molar-refractivity contribution in [2.24, 2.45) is 4.99 Å². The van der Waals surface area contributed by atoms with Crippen LogP contribution >= 0.6 is 0 Å². The van der Waals surface area contributed by atoms with Gasteiger partial charge in [0.1, 0.15) is 5.84 Å². The van der Waals surface area contributed by atoms with Crippen molar-refractivity contribution in [2.75, 3.05) is 6.54 Å². The average Bonchev–Trinajstić information content (AvgIpc) is 3.20. The molecule has 9 heteroatoms. The van der Waals surface area contributed by atoms with Crippen LogP contribution in [-0.2, 0) is 19.6 Å². The number of sulfonamides is 1. The molecule has 160 valence electrons. The van der Waals surface area contributed by atoms with E-state index >= 15 is 0 Å². The highest BCUT2D eigenvalue weighted by Crippen LogP contribution is 2.24. The highest BCUT2D eigenvalue weighted by atomic mass is 32.2. The molecular formula is C22H21N3O5S. The maximum atomic E-state index is 12.9. The number of para-hydroxylation sites is 1. The van der Waals surface area contributed by atoms with Gasteiger partial charge in [0.05, 0.1) is 17.9 Å². The van der Waals surface area contributed by atoms with E-state index in [-0.39, 0.29) is 29.5 Å². The van der Waals surface area contributed by atoms with Crippen molar-refractivity contribution in [1.82, 2.24) is 9.71 Å². The summed E-state index contributed by atoms with van der Waals surface area (Å²) in [6, 6.07) is 13.9. The monoisotopic (exact) mass is 439 g/mol. The van der Waals surface area contributed by atoms with Crippen molar-refractivity contribution in [3.05, 3.63) is 65.4 Å². The van der Waals surface area contributed by atoms with E-state index < -0.39 is 22.1 Å². The number of hydrogen-bond acceptors (Lipinski definition) is 6. The molecule has 1 atom stereocenters. The van der Waals surface area contributed by atoms with Crippen molar-refractivity contribution < 1.29 is 22.7 Å². The molecular weight excluding hydrogens is 418 g/mol. The molecule has 0 bridgehead atoms. The summed E-state index contributed by atoms with van der Waals surface area (Å²) in [5.41, 5.74) is 2.53. The molecule has 2 heterocycles. The first-order valence-electron chi connectivity index (χ1n) is 9.75. The molecule has 1 aliphatic rings. The molecule has 2 aromatic carbocycles. The number of fused-ring (bicyclic) bond motifs is 2. The number of esters is 1. The van der Waals surface area contributed by atoms with Gasteiger partial charge in [0.2, 0.25) is 5.78 Å². The Morgan fingerprint density at radius 3 is 2.61 bits per heavy atom. The van der Waals surface area contributed by atoms with Gasteiger partial charge in [-0.05, 0) is 32.0 Å². The number of nitrogens with one attached hydrogen (secondary N) is 2. The van der Waals surface area contributed by atoms with E-state index in [1.54, 1.807) is 25.1 Å². The number of ketones is 1. The van der Waals surface area contributed by atoms with Gasteiger partial charge in [0.25, 0.3) is 10.0 Å². The van der Waals surface area contributed by atoms with Gasteiger partial charge in [-0.2, -0.15) is 0 Å². The molecule has 1 aliphatic heterocycles. The van der Waals surface area contributed by atoms with Gasteiger partial charge in [0, 0.05) is 27.7 Å². The summed E-state index contributed by atoms with van der Waals surface area (Å²) in [6.45, 7) is 3.37. The van der Waals surface area contributed by atoms with Gasteiger partial charge in [-0.3, -0.25) is 19.3 Å². The van der Waals surface area contributed by atoms with E-state index in [0.29, 0.717) is 16.8 Å². The van der Waals surface area contributed by atoms with Crippen LogP contribution in [0.4, 0.5) is 0 Å². The molecule has 3 aromatic rings. The van der Waals surface area contributed by atoms with Crippen molar-refractivity contribution in [2.45, 2.75) is 31.3 Å². The smallest absolute Gasteiger partial charge is 0.308 e. The lowest BCUT2D eigenvalue weighted by Gasteiger charge is -2.12. The molecule has 0 fully saturated rings. The number of aromatic nitrogens is 1. The minimum Gasteiger partial charge on any atom is -0.454 e. The summed E-state index contributed by atoms with van der Waals surface area (Å²) in [5.74, 6) is -0.675. The molecule has 1 unspecified atom stereocenters. The van der Waals surface area contributed by atoms with Crippen molar-refractivity contribution in [1.29, 1.82) is 0 Å². The number of carbonyl (C=O) groups is 2. The van der Waals surface area contributed by atoms with E-state index in [1.807, 2.05) is 24.3 Å². The topological polar surface area (TPSA) is 118 Å². The zero-order valence-electron chi connectivity index (χ0n) is 17.0. The molecule has 2 N–H and O–H groups in total. The average molecular weight is 439 g/mol. The normalized spacial score (nSPS) is 16.6. The summed E-state index contributed by atoms with van der Waals surface area (Å²) in [6.07, 6.45) is -1.04. The largest absolute Gasteiger partial charge is 0.454 e. The number of aryl methyl sites for hydroxylation is 1. The van der Waals surface area contributed by atoms with Crippen molar-refractivity contribution in [3.63, 3.8) is 0 Å². The second-order valence-electron chi connectivity index (χ2n) is 7.25. The highest BCUT2D eigenvalue weighted by molar-refractivity contribution is 7.90. The number of aromatic amines is 1. The highest BCUT2D eigenvalue weighted by Gasteiger charge is 2.30. The molecule has 0 saturated heterocycles. The lowest BCUT2D eigenvalue weighted by atomic mass is 10.0. The molecule has 1 aromatic heterocycles. The van der Waals surface area contributed by atoms with Crippen molar-refractivity contribution in [3.8, 4) is 0 Å². The van der Waals surface area contributed by atoms with Crippen LogP contribution in [0.25, 0.3) is 10.9 Å². The lowest BCUT2D eigenvalue weighted by Crippen LogP contribution is -2.25. The van der Waals surface area contributed by atoms with Crippen LogP contribution in [0.15, 0.2) is 58.4 Å². The zero-order chi connectivity index (χ0) is 22.2. The number of rotatable bonds is 6. The minimum absolute atomic E-state index is 0.0258. The third kappa shape index (κ3) is 3.96. The Labute approximate surface area is 179 Å². The third-order valence-corrected chi connectivity index (χ3v) is 6.46. The van der Waals surface area contributed by atoms with Gasteiger partial charge in [-0.15, -0.1) is 0 Å². The minimum atomic E-state index is -3.63. The Morgan fingerprint density at radius 1 is 1.10 bits per heavy atom. The van der Waals surface area contributed by atoms with Crippen molar-refractivity contribution >= 4 is 38.5 Å². The molecule has 8 nitrogen and oxygen atoms in total. The Bertz CT molecular complexity index is 1320. The summed E-state index contributed by atoms with van der Waals surface area (Å²) in [7, 11) is -3.63. The Kier molecular flexibility index (Phi) is 5.36. The fourth-order valence-electron chi connectivity index (χ4n) is 3.62. The first-order valence-corrected chi connectivity index (χ1v) is 11.2. The quantitative estimate of drug-likeness (QED) is 0.452. The molecule has 4 rings (SSSR count). The lowest BCUT2D eigenvalue weighted by molar-refractivity contribution is -0.146. The summed E-state index contributed by atoms with van der Waals surface area (Å²) < 4.78 is 31.9. The maximum absolute atomic E-state index is 12.9. The van der Waals surface area contributed by atoms with Crippen LogP contribution in [0.5, 0.6) is 0 Å². The van der Waals surface area contributed by atoms with E-state index in [1.165, 1.54) is 13.0 Å². The maximum Gasteiger partial charge on any atom is 0.308 e. The van der Waals surface area contributed by atoms with Crippen LogP contribution < -0.4 is 4.72 Å². The second kappa shape index (κ2) is 7.99. The van der Waals surface area contributed by atoms with Crippen LogP contribution in [0.2, 0.25) is 0 Å². The van der Waals surface area contributed by atoms with Crippen LogP contribution in [0.1, 0.15) is 35.0 Å². The Morgan fingerprint density at radius 2 is 1.81 bits per heavy atom. The fraction of sp³-hybridized carbons (Fsp3) is 0.227. The van der Waals surface area contributed by atoms with E-state index in [4.69, 9.17) is 4.74 Å². The number of nitrogens with zero attached hydrogens (tertiary/aromatic N) is 1. The number of amidine groups is 1. The van der Waals surface area contributed by atoms with Gasteiger partial charge in [0.15, 0.2) is 6.10 Å². The number of aliphatic imine (C=N–C) groups is 1. The number of Topliss-reactive ketones (excluding diaryl/α,β-unsaturated/α-hetero) is 1. The van der Waals surface area contributed by atoms with Gasteiger partial charge >= 0.3 is 5.97 Å². The zero-order valence-corrected chi connectivity index (χ0v) is 17.8. The Balaban J connectivity index is 1.40. The number of carbonyl (C=O) groups excluding carboxylic acids is 2. The molecule has 0 spiro atoms. The van der Waals surface area contributed by atoms with Crippen LogP contribution in [-0.4, -0.2) is 43.6 Å². The second-order valence-corrected chi connectivity index (χ2v) is 8.90. The number of H-pyrrole nitrogens is 1. The van der Waals surface area contributed by atoms with Gasteiger partial charge < -0.3 is 9.72 Å². The van der Waals surface area contributed by atoms with Crippen LogP contribution in [0.3, 0.4) is 0 Å². The molecule has 0 saturated carbocycles. The standard InChI is InChI=1S/C22H21N3O5S/c1-13-20(15-7-3-5-9-17(15)24-13)21(27)14(2)30-19(26)11-12-23-22-16-8-4-6-10-18(16)31(28,29)25-22/h3-10,14,24H,11-12H2,1-2H3,(H,23,25). The summed E-state index contributed by atoms with van der Waals surface area (Å²) in [4.78, 5) is 32.6. The van der Waals surface area contributed by atoms with Gasteiger partial charge in [-0.1, -0.05) is 30.3 Å². The number of hydrogen-bond donors (Lipinski definition) is 2. The fourth-order valence-corrected chi connectivity index (χ4v) is 4.87. The predicted octanol–water partition coefficient (Wildman–Crippen LogP) is 2.72. The third-order valence-electron chi connectivity index (χ3n) is 5.07.